The van der Waals surface area contributed by atoms with Crippen LogP contribution in [0.3, 0.4) is 0 Å². The van der Waals surface area contributed by atoms with E-state index in [2.05, 4.69) is 15.3 Å². The summed E-state index contributed by atoms with van der Waals surface area (Å²) in [5, 5.41) is 2.56. The monoisotopic (exact) mass is 273 g/mol. The summed E-state index contributed by atoms with van der Waals surface area (Å²) in [6.07, 6.45) is 1.42. The highest BCUT2D eigenvalue weighted by Gasteiger charge is 2.08. The average molecular weight is 273 g/mol. The van der Waals surface area contributed by atoms with Crippen LogP contribution >= 0.6 is 0 Å². The van der Waals surface area contributed by atoms with E-state index < -0.39 is 0 Å². The largest absolute Gasteiger partial charge is 0.398 e. The van der Waals surface area contributed by atoms with Gasteiger partial charge in [-0.2, -0.15) is 0 Å². The van der Waals surface area contributed by atoms with Crippen molar-refractivity contribution in [2.45, 2.75) is 20.4 Å². The average Bonchev–Trinajstić information content (AvgIpc) is 2.32. The Balaban J connectivity index is 2.13. The van der Waals surface area contributed by atoms with Crippen molar-refractivity contribution in [1.29, 1.82) is 0 Å². The summed E-state index contributed by atoms with van der Waals surface area (Å²) >= 11 is 0. The molecule has 0 aliphatic heterocycles. The molecule has 0 atom stereocenters. The molecule has 2 aromatic rings. The number of hydrogen-bond donors (Lipinski definition) is 2. The van der Waals surface area contributed by atoms with Crippen LogP contribution in [0.2, 0.25) is 0 Å². The second kappa shape index (κ2) is 5.52. The van der Waals surface area contributed by atoms with Crippen molar-refractivity contribution in [2.75, 3.05) is 11.1 Å². The van der Waals surface area contributed by atoms with E-state index in [4.69, 9.17) is 5.73 Å². The van der Waals surface area contributed by atoms with E-state index in [-0.39, 0.29) is 24.0 Å². The highest BCUT2D eigenvalue weighted by molar-refractivity contribution is 5.88. The summed E-state index contributed by atoms with van der Waals surface area (Å²) in [5.41, 5.74) is 7.22. The Morgan fingerprint density at radius 3 is 2.60 bits per heavy atom. The summed E-state index contributed by atoms with van der Waals surface area (Å²) in [6.45, 7) is 3.49. The molecule has 2 aromatic heterocycles. The molecule has 2 rings (SSSR count). The number of carbonyl (C=O) groups is 1. The molecule has 104 valence electrons. The van der Waals surface area contributed by atoms with Crippen LogP contribution in [0, 0.1) is 13.8 Å². The van der Waals surface area contributed by atoms with Crippen LogP contribution in [0.4, 0.5) is 11.6 Å². The van der Waals surface area contributed by atoms with Crippen molar-refractivity contribution in [3.63, 3.8) is 0 Å². The maximum absolute atomic E-state index is 11.9. The maximum atomic E-state index is 11.9. The fraction of sp³-hybridized carbons (Fsp3) is 0.231. The number of carbonyl (C=O) groups excluding carboxylic acids is 1. The molecule has 2 heterocycles. The van der Waals surface area contributed by atoms with Crippen molar-refractivity contribution in [3.05, 3.63) is 46.1 Å². The van der Waals surface area contributed by atoms with Gasteiger partial charge in [0.05, 0.1) is 0 Å². The molecule has 0 fully saturated rings. The standard InChI is InChI=1S/C13H15N5O2/c1-8-5-9(2)16-13(15-8)17-11(19)7-18-6-10(14)3-4-12(18)20/h3-6H,7,14H2,1-2H3,(H,15,16,17,19). The van der Waals surface area contributed by atoms with E-state index in [9.17, 15) is 9.59 Å². The zero-order valence-corrected chi connectivity index (χ0v) is 11.3. The third-order valence-corrected chi connectivity index (χ3v) is 2.55. The zero-order valence-electron chi connectivity index (χ0n) is 11.3. The number of amides is 1. The number of hydrogen-bond acceptors (Lipinski definition) is 5. The van der Waals surface area contributed by atoms with Gasteiger partial charge in [0.25, 0.3) is 5.56 Å². The Morgan fingerprint density at radius 2 is 1.95 bits per heavy atom. The number of nitrogen functional groups attached to an aromatic ring is 1. The Kier molecular flexibility index (Phi) is 3.79. The number of rotatable bonds is 3. The van der Waals surface area contributed by atoms with Gasteiger partial charge in [0.1, 0.15) is 6.54 Å². The molecule has 0 aliphatic rings. The van der Waals surface area contributed by atoms with Gasteiger partial charge in [-0.15, -0.1) is 0 Å². The van der Waals surface area contributed by atoms with Gasteiger partial charge in [0.2, 0.25) is 11.9 Å². The third-order valence-electron chi connectivity index (χ3n) is 2.55. The first kappa shape index (κ1) is 13.7. The summed E-state index contributed by atoms with van der Waals surface area (Å²) < 4.78 is 1.23. The molecular formula is C13H15N5O2. The number of nitrogens with one attached hydrogen (secondary N) is 1. The molecule has 7 heteroatoms. The molecule has 7 nitrogen and oxygen atoms in total. The van der Waals surface area contributed by atoms with Crippen LogP contribution in [0.15, 0.2) is 29.2 Å². The quantitative estimate of drug-likeness (QED) is 0.846. The molecule has 0 radical (unpaired) electrons. The van der Waals surface area contributed by atoms with Crippen molar-refractivity contribution in [1.82, 2.24) is 14.5 Å². The molecule has 3 N–H and O–H groups in total. The lowest BCUT2D eigenvalue weighted by Gasteiger charge is -2.07. The number of anilines is 2. The van der Waals surface area contributed by atoms with Crippen LogP contribution in [-0.2, 0) is 11.3 Å². The molecule has 0 aliphatic carbocycles. The highest BCUT2D eigenvalue weighted by atomic mass is 16.2. The Bertz CT molecular complexity index is 688. The first-order valence-corrected chi connectivity index (χ1v) is 6.02. The Hall–Kier alpha value is -2.70. The van der Waals surface area contributed by atoms with Gasteiger partial charge in [0.15, 0.2) is 0 Å². The number of nitrogens with two attached hydrogens (primary N) is 1. The van der Waals surface area contributed by atoms with Crippen LogP contribution in [0.1, 0.15) is 11.4 Å². The van der Waals surface area contributed by atoms with Gasteiger partial charge < -0.3 is 10.3 Å². The topological polar surface area (TPSA) is 103 Å². The molecule has 0 saturated carbocycles. The maximum Gasteiger partial charge on any atom is 0.251 e. The molecule has 1 amide bonds. The van der Waals surface area contributed by atoms with Gasteiger partial charge >= 0.3 is 0 Å². The summed E-state index contributed by atoms with van der Waals surface area (Å²) in [4.78, 5) is 31.6. The van der Waals surface area contributed by atoms with Crippen LogP contribution < -0.4 is 16.6 Å². The summed E-state index contributed by atoms with van der Waals surface area (Å²) in [5.74, 6) is -0.160. The van der Waals surface area contributed by atoms with Crippen LogP contribution in [0.25, 0.3) is 0 Å². The minimum Gasteiger partial charge on any atom is -0.398 e. The number of nitrogens with zero attached hydrogens (tertiary/aromatic N) is 3. The SMILES string of the molecule is Cc1cc(C)nc(NC(=O)Cn2cc(N)ccc2=O)n1. The van der Waals surface area contributed by atoms with Crippen molar-refractivity contribution in [2.24, 2.45) is 0 Å². The van der Waals surface area contributed by atoms with E-state index in [0.29, 0.717) is 5.69 Å². The van der Waals surface area contributed by atoms with E-state index in [1.54, 1.807) is 6.07 Å². The third kappa shape index (κ3) is 3.41. The minimum absolute atomic E-state index is 0.139. The lowest BCUT2D eigenvalue weighted by atomic mass is 10.3. The van der Waals surface area contributed by atoms with Crippen molar-refractivity contribution >= 4 is 17.5 Å². The van der Waals surface area contributed by atoms with Crippen molar-refractivity contribution < 1.29 is 4.79 Å². The van der Waals surface area contributed by atoms with E-state index in [1.165, 1.54) is 22.9 Å². The van der Waals surface area contributed by atoms with Gasteiger partial charge in [-0.25, -0.2) is 9.97 Å². The van der Waals surface area contributed by atoms with E-state index in [1.807, 2.05) is 13.8 Å². The molecular weight excluding hydrogens is 258 g/mol. The molecule has 0 spiro atoms. The highest BCUT2D eigenvalue weighted by Crippen LogP contribution is 2.04. The minimum atomic E-state index is -0.386. The van der Waals surface area contributed by atoms with Crippen LogP contribution in [-0.4, -0.2) is 20.4 Å². The van der Waals surface area contributed by atoms with Gasteiger partial charge in [-0.05, 0) is 26.0 Å². The molecule has 20 heavy (non-hydrogen) atoms. The predicted molar refractivity (Wildman–Crippen MR) is 75.3 cm³/mol. The van der Waals surface area contributed by atoms with E-state index >= 15 is 0 Å². The Morgan fingerprint density at radius 1 is 1.30 bits per heavy atom. The molecule has 0 aromatic carbocycles. The molecule has 0 bridgehead atoms. The normalized spacial score (nSPS) is 10.3. The first-order valence-electron chi connectivity index (χ1n) is 6.02. The van der Waals surface area contributed by atoms with Crippen LogP contribution in [0.5, 0.6) is 0 Å². The lowest BCUT2D eigenvalue weighted by Crippen LogP contribution is -2.27. The van der Waals surface area contributed by atoms with Gasteiger partial charge in [-0.1, -0.05) is 0 Å². The number of pyridine rings is 1. The van der Waals surface area contributed by atoms with E-state index in [0.717, 1.165) is 11.4 Å². The number of aromatic nitrogens is 3. The summed E-state index contributed by atoms with van der Waals surface area (Å²) in [7, 11) is 0. The second-order valence-corrected chi connectivity index (χ2v) is 4.45. The zero-order chi connectivity index (χ0) is 14.7. The first-order chi connectivity index (χ1) is 9.44. The second-order valence-electron chi connectivity index (χ2n) is 4.45. The van der Waals surface area contributed by atoms with Gasteiger partial charge in [-0.3, -0.25) is 14.9 Å². The van der Waals surface area contributed by atoms with Gasteiger partial charge in [0, 0.05) is 29.3 Å². The molecule has 0 unspecified atom stereocenters. The fourth-order valence-electron chi connectivity index (χ4n) is 1.77. The fourth-order valence-corrected chi connectivity index (χ4v) is 1.77. The smallest absolute Gasteiger partial charge is 0.251 e. The molecule has 0 saturated heterocycles. The Labute approximate surface area is 115 Å². The van der Waals surface area contributed by atoms with Crippen molar-refractivity contribution in [3.8, 4) is 0 Å². The predicted octanol–water partition coefficient (Wildman–Crippen LogP) is 0.476. The lowest BCUT2D eigenvalue weighted by molar-refractivity contribution is -0.116. The summed E-state index contributed by atoms with van der Waals surface area (Å²) in [6, 6.07) is 4.61. The number of aryl methyl sites for hydroxylation is 2.